The molecule has 0 spiro atoms. The minimum atomic E-state index is -3.00. The fourth-order valence-corrected chi connectivity index (χ4v) is 1.75. The predicted octanol–water partition coefficient (Wildman–Crippen LogP) is 3.75. The fourth-order valence-electron chi connectivity index (χ4n) is 1.75. The number of amides is 2. The highest BCUT2D eigenvalue weighted by molar-refractivity contribution is 5.90. The molecule has 0 aliphatic rings. The van der Waals surface area contributed by atoms with E-state index in [0.29, 0.717) is 5.56 Å². The van der Waals surface area contributed by atoms with Gasteiger partial charge in [-0.25, -0.2) is 9.18 Å². The second-order valence-electron chi connectivity index (χ2n) is 4.27. The Morgan fingerprint density at radius 2 is 1.77 bits per heavy atom. The molecule has 0 unspecified atom stereocenters. The molecule has 4 nitrogen and oxygen atoms in total. The number of urea groups is 1. The minimum absolute atomic E-state index is 0.0314. The number of carbonyl (C=O) groups excluding carboxylic acids is 1. The average Bonchev–Trinajstić information content (AvgIpc) is 2.48. The van der Waals surface area contributed by atoms with Crippen LogP contribution >= 0.6 is 0 Å². The summed E-state index contributed by atoms with van der Waals surface area (Å²) >= 11 is 0. The van der Waals surface area contributed by atoms with E-state index in [1.54, 1.807) is 12.1 Å². The van der Waals surface area contributed by atoms with Crippen LogP contribution in [-0.2, 0) is 6.54 Å². The van der Waals surface area contributed by atoms with Crippen LogP contribution in [0.15, 0.2) is 48.5 Å². The Balaban J connectivity index is 1.96. The van der Waals surface area contributed by atoms with Gasteiger partial charge in [-0.1, -0.05) is 30.3 Å². The van der Waals surface area contributed by atoms with Crippen molar-refractivity contribution in [1.82, 2.24) is 5.32 Å². The third-order valence-corrected chi connectivity index (χ3v) is 2.75. The summed E-state index contributed by atoms with van der Waals surface area (Å²) < 4.78 is 42.2. The van der Waals surface area contributed by atoms with Crippen molar-refractivity contribution < 1.29 is 22.7 Å². The van der Waals surface area contributed by atoms with Gasteiger partial charge >= 0.3 is 12.6 Å². The van der Waals surface area contributed by atoms with Crippen LogP contribution in [-0.4, -0.2) is 12.6 Å². The van der Waals surface area contributed by atoms with E-state index < -0.39 is 18.5 Å². The molecule has 22 heavy (non-hydrogen) atoms. The molecule has 0 saturated heterocycles. The van der Waals surface area contributed by atoms with Crippen molar-refractivity contribution in [2.75, 3.05) is 5.32 Å². The maximum atomic E-state index is 13.4. The molecule has 0 aliphatic heterocycles. The number of hydrogen-bond donors (Lipinski definition) is 2. The van der Waals surface area contributed by atoms with E-state index >= 15 is 0 Å². The standard InChI is InChI=1S/C15H13F3N2O2/c16-11-6-2-1-5-10(11)9-19-15(21)20-12-7-3-4-8-13(12)22-14(17)18/h1-8,14H,9H2,(H2,19,20,21). The first kappa shape index (κ1) is 15.7. The number of anilines is 1. The van der Waals surface area contributed by atoms with Crippen molar-refractivity contribution in [1.29, 1.82) is 0 Å². The number of alkyl halides is 2. The molecule has 2 N–H and O–H groups in total. The van der Waals surface area contributed by atoms with Crippen molar-refractivity contribution in [2.45, 2.75) is 13.2 Å². The molecule has 116 valence electrons. The third-order valence-electron chi connectivity index (χ3n) is 2.75. The lowest BCUT2D eigenvalue weighted by atomic mass is 10.2. The van der Waals surface area contributed by atoms with E-state index in [4.69, 9.17) is 0 Å². The van der Waals surface area contributed by atoms with E-state index in [-0.39, 0.29) is 18.0 Å². The minimum Gasteiger partial charge on any atom is -0.433 e. The maximum absolute atomic E-state index is 13.4. The van der Waals surface area contributed by atoms with Gasteiger partial charge < -0.3 is 15.4 Å². The Labute approximate surface area is 124 Å². The van der Waals surface area contributed by atoms with E-state index in [0.717, 1.165) is 0 Å². The Bertz CT molecular complexity index is 650. The van der Waals surface area contributed by atoms with Crippen LogP contribution in [0.4, 0.5) is 23.7 Å². The van der Waals surface area contributed by atoms with Gasteiger partial charge in [-0.2, -0.15) is 8.78 Å². The smallest absolute Gasteiger partial charge is 0.387 e. The zero-order chi connectivity index (χ0) is 15.9. The normalized spacial score (nSPS) is 10.4. The van der Waals surface area contributed by atoms with Gasteiger partial charge in [-0.3, -0.25) is 0 Å². The maximum Gasteiger partial charge on any atom is 0.387 e. The van der Waals surface area contributed by atoms with E-state index in [2.05, 4.69) is 15.4 Å². The Morgan fingerprint density at radius 1 is 1.09 bits per heavy atom. The molecule has 0 aliphatic carbocycles. The summed E-state index contributed by atoms with van der Waals surface area (Å²) in [7, 11) is 0. The van der Waals surface area contributed by atoms with Gasteiger partial charge in [0.25, 0.3) is 0 Å². The lowest BCUT2D eigenvalue weighted by Gasteiger charge is -2.12. The molecule has 0 fully saturated rings. The lowest BCUT2D eigenvalue weighted by Crippen LogP contribution is -2.28. The van der Waals surface area contributed by atoms with E-state index in [1.165, 1.54) is 36.4 Å². The van der Waals surface area contributed by atoms with Gasteiger partial charge in [0, 0.05) is 12.1 Å². The number of nitrogens with one attached hydrogen (secondary N) is 2. The second-order valence-corrected chi connectivity index (χ2v) is 4.27. The van der Waals surface area contributed by atoms with Crippen LogP contribution in [0.25, 0.3) is 0 Å². The highest BCUT2D eigenvalue weighted by atomic mass is 19.3. The molecule has 0 bridgehead atoms. The summed E-state index contributed by atoms with van der Waals surface area (Å²) in [5, 5.41) is 4.81. The number of halogens is 3. The number of ether oxygens (including phenoxy) is 1. The SMILES string of the molecule is O=C(NCc1ccccc1F)Nc1ccccc1OC(F)F. The topological polar surface area (TPSA) is 50.4 Å². The molecule has 0 aromatic heterocycles. The van der Waals surface area contributed by atoms with Gasteiger partial charge in [0.15, 0.2) is 0 Å². The Morgan fingerprint density at radius 3 is 2.50 bits per heavy atom. The van der Waals surface area contributed by atoms with Crippen molar-refractivity contribution in [2.24, 2.45) is 0 Å². The summed E-state index contributed by atoms with van der Waals surface area (Å²) in [5.41, 5.74) is 0.406. The third kappa shape index (κ3) is 4.41. The predicted molar refractivity (Wildman–Crippen MR) is 75.3 cm³/mol. The summed E-state index contributed by atoms with van der Waals surface area (Å²) in [5.74, 6) is -0.595. The molecule has 0 heterocycles. The fraction of sp³-hybridized carbons (Fsp3) is 0.133. The summed E-state index contributed by atoms with van der Waals surface area (Å²) in [6.45, 7) is -3.03. The molecular formula is C15H13F3N2O2. The van der Waals surface area contributed by atoms with Crippen LogP contribution in [0.3, 0.4) is 0 Å². The largest absolute Gasteiger partial charge is 0.433 e. The monoisotopic (exact) mass is 310 g/mol. The Hall–Kier alpha value is -2.70. The van der Waals surface area contributed by atoms with Crippen LogP contribution in [0, 0.1) is 5.82 Å². The van der Waals surface area contributed by atoms with Crippen LogP contribution in [0.2, 0.25) is 0 Å². The number of benzene rings is 2. The molecule has 2 aromatic rings. The second kappa shape index (κ2) is 7.35. The lowest BCUT2D eigenvalue weighted by molar-refractivity contribution is -0.0493. The molecule has 0 radical (unpaired) electrons. The number of carbonyl (C=O) groups is 1. The zero-order valence-electron chi connectivity index (χ0n) is 11.4. The summed E-state index contributed by atoms with van der Waals surface area (Å²) in [4.78, 5) is 11.7. The van der Waals surface area contributed by atoms with Gasteiger partial charge in [0.1, 0.15) is 11.6 Å². The average molecular weight is 310 g/mol. The van der Waals surface area contributed by atoms with E-state index in [9.17, 15) is 18.0 Å². The van der Waals surface area contributed by atoms with Crippen molar-refractivity contribution in [3.05, 3.63) is 59.9 Å². The first-order valence-electron chi connectivity index (χ1n) is 6.38. The van der Waals surface area contributed by atoms with Gasteiger partial charge in [-0.05, 0) is 18.2 Å². The van der Waals surface area contributed by atoms with E-state index in [1.807, 2.05) is 0 Å². The molecule has 2 rings (SSSR count). The molecule has 2 amide bonds. The summed E-state index contributed by atoms with van der Waals surface area (Å²) in [6.07, 6.45) is 0. The first-order chi connectivity index (χ1) is 10.6. The molecule has 0 saturated carbocycles. The molecule has 0 atom stereocenters. The van der Waals surface area contributed by atoms with Crippen molar-refractivity contribution in [3.8, 4) is 5.75 Å². The number of hydrogen-bond acceptors (Lipinski definition) is 2. The first-order valence-corrected chi connectivity index (χ1v) is 6.38. The molecular weight excluding hydrogens is 297 g/mol. The van der Waals surface area contributed by atoms with Gasteiger partial charge in [0.2, 0.25) is 0 Å². The van der Waals surface area contributed by atoms with Crippen molar-refractivity contribution in [3.63, 3.8) is 0 Å². The molecule has 7 heteroatoms. The van der Waals surface area contributed by atoms with Crippen molar-refractivity contribution >= 4 is 11.7 Å². The number of para-hydroxylation sites is 2. The quantitative estimate of drug-likeness (QED) is 0.883. The Kier molecular flexibility index (Phi) is 5.24. The van der Waals surface area contributed by atoms with Crippen LogP contribution in [0.1, 0.15) is 5.56 Å². The summed E-state index contributed by atoms with van der Waals surface area (Å²) in [6, 6.07) is 11.1. The van der Waals surface area contributed by atoms with Crippen LogP contribution in [0.5, 0.6) is 5.75 Å². The number of rotatable bonds is 5. The van der Waals surface area contributed by atoms with Crippen LogP contribution < -0.4 is 15.4 Å². The highest BCUT2D eigenvalue weighted by Gasteiger charge is 2.11. The zero-order valence-corrected chi connectivity index (χ0v) is 11.4. The molecule has 2 aromatic carbocycles. The van der Waals surface area contributed by atoms with Gasteiger partial charge in [0.05, 0.1) is 5.69 Å². The highest BCUT2D eigenvalue weighted by Crippen LogP contribution is 2.25. The van der Waals surface area contributed by atoms with Gasteiger partial charge in [-0.15, -0.1) is 0 Å².